The molecule has 1 aliphatic rings. The van der Waals surface area contributed by atoms with Gasteiger partial charge in [-0.3, -0.25) is 14.4 Å². The molecule has 0 spiro atoms. The number of anilines is 1. The van der Waals surface area contributed by atoms with Crippen LogP contribution in [0.3, 0.4) is 0 Å². The second kappa shape index (κ2) is 7.25. The third kappa shape index (κ3) is 3.90. The maximum absolute atomic E-state index is 13.0. The fourth-order valence-corrected chi connectivity index (χ4v) is 2.74. The molecular formula is C17H17FN4O3. The molecule has 1 aromatic heterocycles. The van der Waals surface area contributed by atoms with Crippen LogP contribution >= 0.6 is 0 Å². The average Bonchev–Trinajstić information content (AvgIpc) is 2.99. The maximum atomic E-state index is 13.0. The molecule has 2 heterocycles. The number of nitrogens with one attached hydrogen (secondary N) is 1. The largest absolute Gasteiger partial charge is 0.354 e. The Morgan fingerprint density at radius 1 is 1.24 bits per heavy atom. The summed E-state index contributed by atoms with van der Waals surface area (Å²) in [5, 5.41) is 6.63. The molecule has 1 saturated heterocycles. The number of carbonyl (C=O) groups excluding carboxylic acids is 2. The van der Waals surface area contributed by atoms with Crippen molar-refractivity contribution in [3.8, 4) is 0 Å². The molecule has 3 rings (SSSR count). The normalized spacial score (nSPS) is 16.9. The van der Waals surface area contributed by atoms with E-state index in [1.165, 1.54) is 46.1 Å². The second-order valence-corrected chi connectivity index (χ2v) is 5.76. The molecule has 1 aromatic carbocycles. The first kappa shape index (κ1) is 16.8. The molecule has 1 aliphatic heterocycles. The van der Waals surface area contributed by atoms with E-state index in [9.17, 15) is 18.8 Å². The van der Waals surface area contributed by atoms with Gasteiger partial charge in [0.05, 0.1) is 12.5 Å². The van der Waals surface area contributed by atoms with Crippen molar-refractivity contribution in [1.82, 2.24) is 15.1 Å². The number of rotatable bonds is 5. The van der Waals surface area contributed by atoms with Crippen LogP contribution in [0.2, 0.25) is 0 Å². The van der Waals surface area contributed by atoms with Crippen molar-refractivity contribution in [3.63, 3.8) is 0 Å². The van der Waals surface area contributed by atoms with Crippen molar-refractivity contribution < 1.29 is 14.0 Å². The molecule has 0 aliphatic carbocycles. The van der Waals surface area contributed by atoms with E-state index in [0.29, 0.717) is 5.69 Å². The summed E-state index contributed by atoms with van der Waals surface area (Å²) < 4.78 is 14.2. The van der Waals surface area contributed by atoms with E-state index in [2.05, 4.69) is 10.4 Å². The van der Waals surface area contributed by atoms with Crippen LogP contribution in [0.15, 0.2) is 47.4 Å². The second-order valence-electron chi connectivity index (χ2n) is 5.76. The van der Waals surface area contributed by atoms with Gasteiger partial charge in [0.1, 0.15) is 5.82 Å². The Morgan fingerprint density at radius 3 is 2.72 bits per heavy atom. The van der Waals surface area contributed by atoms with Crippen molar-refractivity contribution in [2.24, 2.45) is 5.92 Å². The van der Waals surface area contributed by atoms with Crippen LogP contribution in [0.4, 0.5) is 10.1 Å². The molecule has 25 heavy (non-hydrogen) atoms. The first-order chi connectivity index (χ1) is 12.0. The van der Waals surface area contributed by atoms with Gasteiger partial charge >= 0.3 is 0 Å². The quantitative estimate of drug-likeness (QED) is 0.859. The molecule has 1 fully saturated rings. The van der Waals surface area contributed by atoms with Crippen molar-refractivity contribution >= 4 is 17.5 Å². The van der Waals surface area contributed by atoms with Gasteiger partial charge in [0, 0.05) is 37.5 Å². The molecule has 7 nitrogen and oxygen atoms in total. The van der Waals surface area contributed by atoms with E-state index in [1.54, 1.807) is 6.07 Å². The molecule has 0 bridgehead atoms. The van der Waals surface area contributed by atoms with E-state index in [0.717, 1.165) is 0 Å². The summed E-state index contributed by atoms with van der Waals surface area (Å²) in [5.41, 5.74) is 0.331. The van der Waals surface area contributed by atoms with Crippen LogP contribution in [-0.2, 0) is 16.1 Å². The molecule has 1 N–H and O–H groups in total. The minimum absolute atomic E-state index is 0.104. The third-order valence-electron chi connectivity index (χ3n) is 4.04. The third-order valence-corrected chi connectivity index (χ3v) is 4.04. The minimum atomic E-state index is -0.474. The maximum Gasteiger partial charge on any atom is 0.266 e. The van der Waals surface area contributed by atoms with Crippen LogP contribution < -0.4 is 15.8 Å². The number of halogens is 1. The summed E-state index contributed by atoms with van der Waals surface area (Å²) in [6.45, 7) is 0.755. The lowest BCUT2D eigenvalue weighted by atomic mass is 10.1. The van der Waals surface area contributed by atoms with Gasteiger partial charge in [0.2, 0.25) is 11.8 Å². The highest BCUT2D eigenvalue weighted by Gasteiger charge is 2.34. The highest BCUT2D eigenvalue weighted by molar-refractivity contribution is 6.00. The number of hydrogen-bond acceptors (Lipinski definition) is 4. The smallest absolute Gasteiger partial charge is 0.266 e. The number of hydrogen-bond donors (Lipinski definition) is 1. The Labute approximate surface area is 143 Å². The Bertz CT molecular complexity index is 834. The first-order valence-electron chi connectivity index (χ1n) is 7.90. The lowest BCUT2D eigenvalue weighted by Gasteiger charge is -2.16. The summed E-state index contributed by atoms with van der Waals surface area (Å²) in [7, 11) is 0. The van der Waals surface area contributed by atoms with Gasteiger partial charge in [-0.15, -0.1) is 0 Å². The molecule has 1 atom stereocenters. The topological polar surface area (TPSA) is 84.3 Å². The van der Waals surface area contributed by atoms with Crippen molar-refractivity contribution in [2.45, 2.75) is 13.0 Å². The molecule has 1 unspecified atom stereocenters. The van der Waals surface area contributed by atoms with E-state index < -0.39 is 5.92 Å². The zero-order valence-electron chi connectivity index (χ0n) is 13.4. The summed E-state index contributed by atoms with van der Waals surface area (Å²) in [6.07, 6.45) is 1.60. The van der Waals surface area contributed by atoms with Crippen molar-refractivity contribution in [2.75, 3.05) is 18.0 Å². The van der Waals surface area contributed by atoms with Crippen LogP contribution in [0, 0.1) is 11.7 Å². The van der Waals surface area contributed by atoms with Crippen molar-refractivity contribution in [1.29, 1.82) is 0 Å². The summed E-state index contributed by atoms with van der Waals surface area (Å²) >= 11 is 0. The van der Waals surface area contributed by atoms with Gasteiger partial charge in [-0.25, -0.2) is 9.07 Å². The average molecular weight is 344 g/mol. The number of carbonyl (C=O) groups is 2. The van der Waals surface area contributed by atoms with E-state index >= 15 is 0 Å². The van der Waals surface area contributed by atoms with Gasteiger partial charge in [0.25, 0.3) is 5.56 Å². The zero-order chi connectivity index (χ0) is 17.8. The minimum Gasteiger partial charge on any atom is -0.354 e. The van der Waals surface area contributed by atoms with E-state index in [-0.39, 0.29) is 49.2 Å². The molecule has 130 valence electrons. The lowest BCUT2D eigenvalue weighted by Crippen LogP contribution is -2.36. The number of benzene rings is 1. The number of aromatic nitrogens is 2. The van der Waals surface area contributed by atoms with Crippen molar-refractivity contribution in [3.05, 3.63) is 58.8 Å². The molecule has 0 saturated carbocycles. The molecule has 8 heteroatoms. The molecule has 2 amide bonds. The highest BCUT2D eigenvalue weighted by Crippen LogP contribution is 2.25. The lowest BCUT2D eigenvalue weighted by molar-refractivity contribution is -0.126. The number of nitrogens with zero attached hydrogens (tertiary/aromatic N) is 3. The Kier molecular flexibility index (Phi) is 4.87. The Hall–Kier alpha value is -3.03. The van der Waals surface area contributed by atoms with Gasteiger partial charge in [0.15, 0.2) is 0 Å². The van der Waals surface area contributed by atoms with Crippen LogP contribution in [-0.4, -0.2) is 34.7 Å². The predicted molar refractivity (Wildman–Crippen MR) is 88.4 cm³/mol. The summed E-state index contributed by atoms with van der Waals surface area (Å²) in [4.78, 5) is 37.4. The fourth-order valence-electron chi connectivity index (χ4n) is 2.74. The molecule has 0 radical (unpaired) electrons. The Balaban J connectivity index is 1.55. The summed E-state index contributed by atoms with van der Waals surface area (Å²) in [5.74, 6) is -1.28. The van der Waals surface area contributed by atoms with Crippen LogP contribution in [0.5, 0.6) is 0 Å². The SMILES string of the molecule is O=C(NCCn1ncccc1=O)C1CC(=O)N(c2ccc(F)cc2)C1. The van der Waals surface area contributed by atoms with Gasteiger partial charge < -0.3 is 10.2 Å². The zero-order valence-corrected chi connectivity index (χ0v) is 13.4. The van der Waals surface area contributed by atoms with Gasteiger partial charge in [-0.2, -0.15) is 5.10 Å². The van der Waals surface area contributed by atoms with Crippen LogP contribution in [0.25, 0.3) is 0 Å². The van der Waals surface area contributed by atoms with Gasteiger partial charge in [-0.05, 0) is 30.3 Å². The van der Waals surface area contributed by atoms with Gasteiger partial charge in [-0.1, -0.05) is 0 Å². The summed E-state index contributed by atoms with van der Waals surface area (Å²) in [6, 6.07) is 8.53. The highest BCUT2D eigenvalue weighted by atomic mass is 19.1. The van der Waals surface area contributed by atoms with E-state index in [1.807, 2.05) is 0 Å². The molecular weight excluding hydrogens is 327 g/mol. The van der Waals surface area contributed by atoms with E-state index in [4.69, 9.17) is 0 Å². The first-order valence-corrected chi connectivity index (χ1v) is 7.90. The van der Waals surface area contributed by atoms with Crippen LogP contribution in [0.1, 0.15) is 6.42 Å². The fraction of sp³-hybridized carbons (Fsp3) is 0.294. The standard InChI is InChI=1S/C17H17FN4O3/c18-13-3-5-14(6-4-13)21-11-12(10-16(21)24)17(25)19-8-9-22-15(23)2-1-7-20-22/h1-7,12H,8-11H2,(H,19,25). The molecule has 2 aromatic rings. The predicted octanol–water partition coefficient (Wildman–Crippen LogP) is 0.552. The monoisotopic (exact) mass is 344 g/mol. The number of amides is 2. The Morgan fingerprint density at radius 2 is 2.00 bits per heavy atom.